The molecule has 1 aliphatic rings. The summed E-state index contributed by atoms with van der Waals surface area (Å²) >= 11 is 5.60. The van der Waals surface area contributed by atoms with Gasteiger partial charge in [0.05, 0.1) is 0 Å². The largest absolute Gasteiger partial charge is 0.350 e. The van der Waals surface area contributed by atoms with Crippen LogP contribution in [-0.4, -0.2) is 45.3 Å². The topological polar surface area (TPSA) is 84.5 Å². The molecule has 1 aromatic rings. The molecule has 0 aromatic carbocycles. The lowest BCUT2D eigenvalue weighted by Crippen LogP contribution is -2.39. The van der Waals surface area contributed by atoms with E-state index in [1.807, 2.05) is 4.90 Å². The number of rotatable bonds is 4. The highest BCUT2D eigenvalue weighted by Gasteiger charge is 2.19. The number of amidine groups is 1. The van der Waals surface area contributed by atoms with Crippen molar-refractivity contribution in [3.05, 3.63) is 33.4 Å². The summed E-state index contributed by atoms with van der Waals surface area (Å²) in [6.45, 7) is 1.68. The van der Waals surface area contributed by atoms with Crippen LogP contribution in [0, 0.1) is 10.1 Å². The van der Waals surface area contributed by atoms with Crippen LogP contribution in [0.5, 0.6) is 0 Å². The maximum absolute atomic E-state index is 10.6. The fourth-order valence-corrected chi connectivity index (χ4v) is 1.87. The van der Waals surface area contributed by atoms with Crippen molar-refractivity contribution in [2.24, 2.45) is 4.99 Å². The minimum atomic E-state index is -0.366. The van der Waals surface area contributed by atoms with Crippen LogP contribution >= 0.6 is 11.6 Å². The van der Waals surface area contributed by atoms with E-state index in [0.717, 1.165) is 18.5 Å². The third kappa shape index (κ3) is 3.36. The first-order valence-electron chi connectivity index (χ1n) is 5.51. The zero-order chi connectivity index (χ0) is 13.0. The molecular weight excluding hydrogens is 258 g/mol. The van der Waals surface area contributed by atoms with Crippen molar-refractivity contribution in [2.75, 3.05) is 19.6 Å². The van der Waals surface area contributed by atoms with Gasteiger partial charge in [0.15, 0.2) is 5.84 Å². The zero-order valence-corrected chi connectivity index (χ0v) is 10.4. The normalized spacial score (nSPS) is 15.4. The summed E-state index contributed by atoms with van der Waals surface area (Å²) < 4.78 is 0. The molecule has 0 radical (unpaired) electrons. The molecular formula is C10H12ClN5O2. The molecule has 96 valence electrons. The molecule has 7 nitrogen and oxygen atoms in total. The summed E-state index contributed by atoms with van der Waals surface area (Å²) in [6, 6.07) is 0. The van der Waals surface area contributed by atoms with Gasteiger partial charge in [-0.3, -0.25) is 15.1 Å². The first-order valence-corrected chi connectivity index (χ1v) is 5.89. The van der Waals surface area contributed by atoms with Gasteiger partial charge in [-0.15, -0.1) is 0 Å². The highest BCUT2D eigenvalue weighted by molar-refractivity contribution is 6.28. The monoisotopic (exact) mass is 269 g/mol. The Hall–Kier alpha value is -1.76. The Balaban J connectivity index is 2.06. The highest BCUT2D eigenvalue weighted by Crippen LogP contribution is 2.10. The third-order valence-electron chi connectivity index (χ3n) is 2.56. The van der Waals surface area contributed by atoms with E-state index in [1.54, 1.807) is 12.4 Å². The summed E-state index contributed by atoms with van der Waals surface area (Å²) in [7, 11) is 0. The Labute approximate surface area is 109 Å². The first kappa shape index (κ1) is 12.7. The standard InChI is InChI=1S/C10H12ClN5O2/c11-10-13-4-8(5-14-10)6-15-3-1-2-12-9(15)7-16(17)18/h4-5H,1-3,6-7H2. The molecule has 2 heterocycles. The maximum Gasteiger partial charge on any atom is 0.260 e. The van der Waals surface area contributed by atoms with Crippen LogP contribution in [0.25, 0.3) is 0 Å². The van der Waals surface area contributed by atoms with Crippen LogP contribution in [0.15, 0.2) is 17.4 Å². The third-order valence-corrected chi connectivity index (χ3v) is 2.76. The van der Waals surface area contributed by atoms with E-state index in [0.29, 0.717) is 18.9 Å². The molecule has 18 heavy (non-hydrogen) atoms. The van der Waals surface area contributed by atoms with Crippen molar-refractivity contribution in [3.8, 4) is 0 Å². The SMILES string of the molecule is O=[N+]([O-])CC1=NCCCN1Cc1cnc(Cl)nc1. The average Bonchev–Trinajstić information content (AvgIpc) is 2.34. The lowest BCUT2D eigenvalue weighted by atomic mass is 10.2. The minimum Gasteiger partial charge on any atom is -0.350 e. The summed E-state index contributed by atoms with van der Waals surface area (Å²) in [5.74, 6) is 0.515. The van der Waals surface area contributed by atoms with Gasteiger partial charge in [-0.1, -0.05) is 0 Å². The lowest BCUT2D eigenvalue weighted by molar-refractivity contribution is -0.464. The Kier molecular flexibility index (Phi) is 4.03. The van der Waals surface area contributed by atoms with E-state index in [9.17, 15) is 10.1 Å². The first-order chi connectivity index (χ1) is 8.65. The molecule has 1 aliphatic heterocycles. The molecule has 8 heteroatoms. The minimum absolute atomic E-state index is 0.191. The van der Waals surface area contributed by atoms with Gasteiger partial charge < -0.3 is 4.90 Å². The molecule has 0 atom stereocenters. The Morgan fingerprint density at radius 3 is 2.83 bits per heavy atom. The van der Waals surface area contributed by atoms with Crippen LogP contribution in [-0.2, 0) is 6.54 Å². The predicted octanol–water partition coefficient (Wildman–Crippen LogP) is 1.01. The van der Waals surface area contributed by atoms with E-state index in [2.05, 4.69) is 15.0 Å². The summed E-state index contributed by atoms with van der Waals surface area (Å²) in [5, 5.41) is 10.8. The van der Waals surface area contributed by atoms with Crippen molar-refractivity contribution in [1.82, 2.24) is 14.9 Å². The van der Waals surface area contributed by atoms with Gasteiger partial charge in [-0.2, -0.15) is 0 Å². The lowest BCUT2D eigenvalue weighted by Gasteiger charge is -2.27. The highest BCUT2D eigenvalue weighted by atomic mass is 35.5. The Bertz CT molecular complexity index is 462. The number of aliphatic imine (C=N–C) groups is 1. The number of aromatic nitrogens is 2. The van der Waals surface area contributed by atoms with Gasteiger partial charge in [-0.05, 0) is 18.0 Å². The zero-order valence-electron chi connectivity index (χ0n) is 9.62. The van der Waals surface area contributed by atoms with Crippen molar-refractivity contribution in [2.45, 2.75) is 13.0 Å². The second kappa shape index (κ2) is 5.72. The molecule has 0 spiro atoms. The molecule has 0 N–H and O–H groups in total. The van der Waals surface area contributed by atoms with E-state index < -0.39 is 0 Å². The van der Waals surface area contributed by atoms with Crippen LogP contribution in [0.2, 0.25) is 5.28 Å². The Morgan fingerprint density at radius 2 is 2.17 bits per heavy atom. The second-order valence-corrected chi connectivity index (χ2v) is 4.26. The smallest absolute Gasteiger partial charge is 0.260 e. The van der Waals surface area contributed by atoms with Gasteiger partial charge in [0, 0.05) is 42.5 Å². The number of nitrogens with zero attached hydrogens (tertiary/aromatic N) is 5. The van der Waals surface area contributed by atoms with Gasteiger partial charge in [0.2, 0.25) is 5.28 Å². The molecule has 0 aliphatic carbocycles. The van der Waals surface area contributed by atoms with Crippen LogP contribution in [0.4, 0.5) is 0 Å². The van der Waals surface area contributed by atoms with Crippen molar-refractivity contribution >= 4 is 17.4 Å². The van der Waals surface area contributed by atoms with Crippen LogP contribution in [0.3, 0.4) is 0 Å². The fraction of sp³-hybridized carbons (Fsp3) is 0.500. The van der Waals surface area contributed by atoms with E-state index >= 15 is 0 Å². The predicted molar refractivity (Wildman–Crippen MR) is 66.2 cm³/mol. The van der Waals surface area contributed by atoms with Gasteiger partial charge in [0.1, 0.15) is 0 Å². The number of hydrogen-bond acceptors (Lipinski definition) is 6. The fourth-order valence-electron chi connectivity index (χ4n) is 1.78. The number of nitro groups is 1. The average molecular weight is 270 g/mol. The van der Waals surface area contributed by atoms with Crippen molar-refractivity contribution in [1.29, 1.82) is 0 Å². The van der Waals surface area contributed by atoms with Crippen LogP contribution in [0.1, 0.15) is 12.0 Å². The van der Waals surface area contributed by atoms with Crippen LogP contribution < -0.4 is 0 Å². The van der Waals surface area contributed by atoms with Gasteiger partial charge in [0.25, 0.3) is 6.54 Å². The van der Waals surface area contributed by atoms with E-state index in [4.69, 9.17) is 11.6 Å². The quantitative estimate of drug-likeness (QED) is 0.463. The van der Waals surface area contributed by atoms with E-state index in [1.165, 1.54) is 0 Å². The molecule has 0 bridgehead atoms. The molecule has 0 saturated heterocycles. The molecule has 2 rings (SSSR count). The van der Waals surface area contributed by atoms with Crippen molar-refractivity contribution in [3.63, 3.8) is 0 Å². The number of hydrogen-bond donors (Lipinski definition) is 0. The Morgan fingerprint density at radius 1 is 1.44 bits per heavy atom. The number of halogens is 1. The molecule has 0 amide bonds. The van der Waals surface area contributed by atoms with E-state index in [-0.39, 0.29) is 16.8 Å². The summed E-state index contributed by atoms with van der Waals surface area (Å²) in [4.78, 5) is 24.1. The maximum atomic E-state index is 10.6. The molecule has 0 fully saturated rings. The second-order valence-electron chi connectivity index (χ2n) is 3.92. The van der Waals surface area contributed by atoms with Gasteiger partial charge >= 0.3 is 0 Å². The van der Waals surface area contributed by atoms with Gasteiger partial charge in [-0.25, -0.2) is 9.97 Å². The summed E-state index contributed by atoms with van der Waals surface area (Å²) in [6.07, 6.45) is 4.14. The van der Waals surface area contributed by atoms with Crippen molar-refractivity contribution < 1.29 is 4.92 Å². The molecule has 0 unspecified atom stereocenters. The summed E-state index contributed by atoms with van der Waals surface area (Å²) in [5.41, 5.74) is 0.859. The molecule has 0 saturated carbocycles. The molecule has 1 aromatic heterocycles.